The van der Waals surface area contributed by atoms with Gasteiger partial charge >= 0.3 is 0 Å². The fourth-order valence-electron chi connectivity index (χ4n) is 6.37. The number of carbonyl (C=O) groups is 2. The van der Waals surface area contributed by atoms with E-state index in [0.717, 1.165) is 12.8 Å². The van der Waals surface area contributed by atoms with Gasteiger partial charge in [0, 0.05) is 29.6 Å². The van der Waals surface area contributed by atoms with E-state index < -0.39 is 12.4 Å². The van der Waals surface area contributed by atoms with Crippen molar-refractivity contribution in [2.75, 3.05) is 18.9 Å². The van der Waals surface area contributed by atoms with Crippen LogP contribution in [0.5, 0.6) is 0 Å². The summed E-state index contributed by atoms with van der Waals surface area (Å²) in [4.78, 5) is 36.2. The van der Waals surface area contributed by atoms with Gasteiger partial charge in [-0.3, -0.25) is 14.6 Å². The minimum Gasteiger partial charge on any atom is -0.387 e. The van der Waals surface area contributed by atoms with Gasteiger partial charge in [-0.2, -0.15) is 9.61 Å². The van der Waals surface area contributed by atoms with Gasteiger partial charge in [0.25, 0.3) is 0 Å². The molecular formula is C27H30FN7O3. The van der Waals surface area contributed by atoms with Gasteiger partial charge in [0.2, 0.25) is 5.91 Å². The van der Waals surface area contributed by atoms with E-state index in [1.807, 2.05) is 6.92 Å². The molecule has 0 spiro atoms. The summed E-state index contributed by atoms with van der Waals surface area (Å²) in [6.45, 7) is 3.54. The number of benzene rings is 1. The smallest absolute Gasteiger partial charge is 0.248 e. The first-order valence-corrected chi connectivity index (χ1v) is 13.0. The van der Waals surface area contributed by atoms with Crippen LogP contribution in [0.1, 0.15) is 67.1 Å². The molecule has 4 N–H and O–H groups in total. The number of aromatic nitrogens is 3. The van der Waals surface area contributed by atoms with Crippen LogP contribution in [0.25, 0.3) is 16.8 Å². The molecule has 2 bridgehead atoms. The maximum atomic E-state index is 15.2. The van der Waals surface area contributed by atoms with E-state index in [1.165, 1.54) is 17.5 Å². The summed E-state index contributed by atoms with van der Waals surface area (Å²) in [5.41, 5.74) is 9.46. The van der Waals surface area contributed by atoms with E-state index in [9.17, 15) is 14.7 Å². The Morgan fingerprint density at radius 3 is 2.55 bits per heavy atom. The molecule has 1 amide bonds. The van der Waals surface area contributed by atoms with Crippen molar-refractivity contribution in [2.45, 2.75) is 63.6 Å². The first-order chi connectivity index (χ1) is 18.3. The largest absolute Gasteiger partial charge is 0.387 e. The van der Waals surface area contributed by atoms with Crippen LogP contribution in [-0.4, -0.2) is 73.4 Å². The number of nitrogens with zero attached hydrogens (tertiary/aromatic N) is 5. The van der Waals surface area contributed by atoms with E-state index in [2.05, 4.69) is 15.4 Å². The van der Waals surface area contributed by atoms with Crippen LogP contribution >= 0.6 is 0 Å². The maximum absolute atomic E-state index is 15.2. The molecule has 0 radical (unpaired) electrons. The molecule has 6 rings (SSSR count). The monoisotopic (exact) mass is 519 g/mol. The zero-order valence-electron chi connectivity index (χ0n) is 21.3. The van der Waals surface area contributed by atoms with Crippen LogP contribution in [0.3, 0.4) is 0 Å². The minimum atomic E-state index is -0.509. The summed E-state index contributed by atoms with van der Waals surface area (Å²) in [6.07, 6.45) is 4.54. The average molecular weight is 520 g/mol. The average Bonchev–Trinajstić information content (AvgIpc) is 3.58. The second-order valence-corrected chi connectivity index (χ2v) is 10.5. The number of aliphatic hydroxyl groups excluding tert-OH is 1. The van der Waals surface area contributed by atoms with Crippen molar-refractivity contribution in [3.05, 3.63) is 47.0 Å². The second-order valence-electron chi connectivity index (χ2n) is 10.5. The minimum absolute atomic E-state index is 0.0155. The van der Waals surface area contributed by atoms with Gasteiger partial charge < -0.3 is 21.1 Å². The Balaban J connectivity index is 1.41. The number of aliphatic imine (C=N–C) groups is 1. The number of amides is 1. The number of fused-ring (bicyclic) bond motifs is 3. The number of amidine groups is 1. The zero-order chi connectivity index (χ0) is 26.7. The maximum Gasteiger partial charge on any atom is 0.248 e. The van der Waals surface area contributed by atoms with Crippen molar-refractivity contribution in [3.63, 3.8) is 0 Å². The fraction of sp³-hybridized carbons (Fsp3) is 0.444. The molecule has 38 heavy (non-hydrogen) atoms. The van der Waals surface area contributed by atoms with E-state index in [4.69, 9.17) is 10.7 Å². The predicted octanol–water partition coefficient (Wildman–Crippen LogP) is 2.29. The topological polar surface area (TPSA) is 138 Å². The number of aliphatic hydroxyl groups is 1. The molecule has 1 aromatic carbocycles. The van der Waals surface area contributed by atoms with Crippen molar-refractivity contribution in [1.29, 1.82) is 0 Å². The van der Waals surface area contributed by atoms with Crippen LogP contribution in [0.15, 0.2) is 29.4 Å². The normalized spacial score (nSPS) is 24.5. The number of ketones is 1. The molecule has 198 valence electrons. The zero-order valence-corrected chi connectivity index (χ0v) is 21.3. The van der Waals surface area contributed by atoms with Gasteiger partial charge in [0.05, 0.1) is 29.6 Å². The lowest BCUT2D eigenvalue weighted by molar-refractivity contribution is -0.138. The SMILES string of the molecule is CC(=O)c1c(C2CC3CCC(C2)N3C(=O)CO)nc2c(-c3ccc(C4=NCC(C)N4)c(F)c3)cnn2c1N. The second kappa shape index (κ2) is 9.16. The van der Waals surface area contributed by atoms with E-state index in [0.29, 0.717) is 58.8 Å². The Kier molecular flexibility index (Phi) is 5.90. The molecule has 10 nitrogen and oxygen atoms in total. The van der Waals surface area contributed by atoms with Crippen LogP contribution in [0.4, 0.5) is 10.2 Å². The number of halogens is 1. The first kappa shape index (κ1) is 24.5. The Bertz CT molecular complexity index is 1490. The Morgan fingerprint density at radius 2 is 1.95 bits per heavy atom. The lowest BCUT2D eigenvalue weighted by atomic mass is 9.85. The van der Waals surface area contributed by atoms with Gasteiger partial charge in [-0.1, -0.05) is 6.07 Å². The van der Waals surface area contributed by atoms with Crippen LogP contribution in [0.2, 0.25) is 0 Å². The molecule has 3 aliphatic rings. The highest BCUT2D eigenvalue weighted by atomic mass is 19.1. The summed E-state index contributed by atoms with van der Waals surface area (Å²) < 4.78 is 16.6. The molecule has 5 heterocycles. The lowest BCUT2D eigenvalue weighted by Crippen LogP contribution is -2.47. The summed E-state index contributed by atoms with van der Waals surface area (Å²) in [5, 5.41) is 17.0. The van der Waals surface area contributed by atoms with Gasteiger partial charge in [0.15, 0.2) is 11.4 Å². The number of hydrogen-bond donors (Lipinski definition) is 3. The molecule has 0 saturated carbocycles. The molecule has 11 heteroatoms. The lowest BCUT2D eigenvalue weighted by Gasteiger charge is -2.39. The third kappa shape index (κ3) is 3.84. The van der Waals surface area contributed by atoms with Gasteiger partial charge in [0.1, 0.15) is 24.1 Å². The molecule has 0 aliphatic carbocycles. The van der Waals surface area contributed by atoms with Gasteiger partial charge in [-0.25, -0.2) is 9.37 Å². The molecule has 3 aromatic rings. The molecule has 3 aliphatic heterocycles. The summed E-state index contributed by atoms with van der Waals surface area (Å²) >= 11 is 0. The van der Waals surface area contributed by atoms with Crippen LogP contribution < -0.4 is 11.1 Å². The molecule has 2 saturated heterocycles. The van der Waals surface area contributed by atoms with Crippen molar-refractivity contribution in [2.24, 2.45) is 4.99 Å². The van der Waals surface area contributed by atoms with Gasteiger partial charge in [-0.15, -0.1) is 0 Å². The van der Waals surface area contributed by atoms with Crippen molar-refractivity contribution < 1.29 is 19.1 Å². The van der Waals surface area contributed by atoms with Crippen LogP contribution in [-0.2, 0) is 4.79 Å². The Hall–Kier alpha value is -3.86. The number of piperidine rings is 1. The van der Waals surface area contributed by atoms with Gasteiger partial charge in [-0.05, 0) is 57.2 Å². The number of hydrogen-bond acceptors (Lipinski definition) is 8. The highest BCUT2D eigenvalue weighted by Crippen LogP contribution is 2.44. The van der Waals surface area contributed by atoms with E-state index in [-0.39, 0.29) is 41.6 Å². The van der Waals surface area contributed by atoms with Crippen molar-refractivity contribution in [1.82, 2.24) is 24.8 Å². The molecule has 2 aromatic heterocycles. The third-order valence-electron chi connectivity index (χ3n) is 8.05. The number of nitrogens with two attached hydrogens (primary N) is 1. The first-order valence-electron chi connectivity index (χ1n) is 13.0. The van der Waals surface area contributed by atoms with Crippen LogP contribution in [0, 0.1) is 5.82 Å². The van der Waals surface area contributed by atoms with Crippen molar-refractivity contribution in [3.8, 4) is 11.1 Å². The quantitative estimate of drug-likeness (QED) is 0.440. The van der Waals surface area contributed by atoms with Crippen molar-refractivity contribution >= 4 is 29.0 Å². The molecule has 3 unspecified atom stereocenters. The molecule has 3 atom stereocenters. The summed E-state index contributed by atoms with van der Waals surface area (Å²) in [6, 6.07) is 5.07. The number of nitrogen functional groups attached to an aromatic ring is 1. The number of Topliss-reactive ketones (excluding diaryl/α,β-unsaturated/α-hetero) is 1. The fourth-order valence-corrected chi connectivity index (χ4v) is 6.37. The Morgan fingerprint density at radius 1 is 1.21 bits per heavy atom. The highest BCUT2D eigenvalue weighted by Gasteiger charge is 2.44. The number of rotatable bonds is 5. The predicted molar refractivity (Wildman–Crippen MR) is 140 cm³/mol. The Labute approximate surface area is 218 Å². The summed E-state index contributed by atoms with van der Waals surface area (Å²) in [5.74, 6) is -0.231. The highest BCUT2D eigenvalue weighted by molar-refractivity contribution is 6.01. The third-order valence-corrected chi connectivity index (χ3v) is 8.05. The summed E-state index contributed by atoms with van der Waals surface area (Å²) in [7, 11) is 0. The van der Waals surface area contributed by atoms with E-state index >= 15 is 4.39 Å². The molecule has 2 fully saturated rings. The standard InChI is InChI=1S/C27H30FN7O3/c1-13-10-30-26(32-13)19-6-3-15(9-21(19)28)20-11-31-35-25(29)23(14(2)37)24(33-27(20)35)16-7-17-4-5-18(8-16)34(17)22(38)12-36/h3,6,9,11,13,16-18,36H,4-5,7-8,10,12,29H2,1-2H3,(H,30,32). The number of anilines is 1. The number of carbonyl (C=O) groups excluding carboxylic acids is 2. The van der Waals surface area contributed by atoms with E-state index in [1.54, 1.807) is 23.2 Å². The molecular weight excluding hydrogens is 489 g/mol. The number of nitrogens with one attached hydrogen (secondary N) is 1.